The summed E-state index contributed by atoms with van der Waals surface area (Å²) in [5.41, 5.74) is 1.84. The van der Waals surface area contributed by atoms with Crippen LogP contribution in [0.3, 0.4) is 0 Å². The summed E-state index contributed by atoms with van der Waals surface area (Å²) in [6.07, 6.45) is 5.13. The van der Waals surface area contributed by atoms with Gasteiger partial charge in [-0.25, -0.2) is 4.98 Å². The van der Waals surface area contributed by atoms with E-state index in [1.54, 1.807) is 26.3 Å². The second kappa shape index (κ2) is 8.08. The van der Waals surface area contributed by atoms with E-state index in [0.29, 0.717) is 47.5 Å². The van der Waals surface area contributed by atoms with Gasteiger partial charge in [-0.3, -0.25) is 4.79 Å². The maximum Gasteiger partial charge on any atom is 0.218 e. The van der Waals surface area contributed by atoms with Crippen molar-refractivity contribution < 1.29 is 14.3 Å². The number of aromatic nitrogens is 1. The Kier molecular flexibility index (Phi) is 5.48. The van der Waals surface area contributed by atoms with Gasteiger partial charge in [0.1, 0.15) is 5.75 Å². The topological polar surface area (TPSA) is 84.2 Å². The van der Waals surface area contributed by atoms with E-state index in [0.717, 1.165) is 30.6 Å². The van der Waals surface area contributed by atoms with E-state index in [2.05, 4.69) is 23.3 Å². The monoisotopic (exact) mass is 405 g/mol. The first-order valence-electron chi connectivity index (χ1n) is 10.5. The van der Waals surface area contributed by atoms with Gasteiger partial charge in [0.05, 0.1) is 18.7 Å². The summed E-state index contributed by atoms with van der Waals surface area (Å²) < 4.78 is 11.8. The van der Waals surface area contributed by atoms with E-state index < -0.39 is 5.60 Å². The molecule has 0 bridgehead atoms. The van der Waals surface area contributed by atoms with Gasteiger partial charge in [-0.05, 0) is 75.3 Å². The van der Waals surface area contributed by atoms with Crippen LogP contribution in [-0.2, 0) is 0 Å². The highest BCUT2D eigenvalue weighted by molar-refractivity contribution is 6.04. The average Bonchev–Trinajstić information content (AvgIpc) is 3.61. The molecular weight excluding hydrogens is 378 g/mol. The maximum absolute atomic E-state index is 14.0. The number of nitrogens with zero attached hydrogens (tertiary/aromatic N) is 2. The molecule has 0 spiro atoms. The number of benzene rings is 1. The SMILES string of the molecule is COc1ccc(C(=O)[C@@]2(Oc3nccc(C#N)c3C)CC[C@@H](C)NC2)c(C2CC2)c1. The number of methoxy groups -OCH3 is 1. The summed E-state index contributed by atoms with van der Waals surface area (Å²) in [6, 6.07) is 9.82. The molecule has 0 radical (unpaired) electrons. The number of carbonyl (C=O) groups excluding carboxylic acids is 1. The number of rotatable bonds is 6. The smallest absolute Gasteiger partial charge is 0.218 e. The lowest BCUT2D eigenvalue weighted by Crippen LogP contribution is -2.58. The van der Waals surface area contributed by atoms with E-state index in [-0.39, 0.29) is 5.78 Å². The van der Waals surface area contributed by atoms with Gasteiger partial charge >= 0.3 is 0 Å². The second-order valence-corrected chi connectivity index (χ2v) is 8.37. The molecule has 1 saturated heterocycles. The molecule has 2 aromatic rings. The zero-order valence-corrected chi connectivity index (χ0v) is 17.7. The predicted molar refractivity (Wildman–Crippen MR) is 113 cm³/mol. The third-order valence-electron chi connectivity index (χ3n) is 6.22. The molecular formula is C24H27N3O3. The van der Waals surface area contributed by atoms with Crippen molar-refractivity contribution >= 4 is 5.78 Å². The summed E-state index contributed by atoms with van der Waals surface area (Å²) in [5.74, 6) is 1.47. The van der Waals surface area contributed by atoms with Crippen LogP contribution in [-0.4, -0.2) is 36.1 Å². The number of ketones is 1. The van der Waals surface area contributed by atoms with Crippen molar-refractivity contribution in [3.05, 3.63) is 52.7 Å². The molecule has 1 aromatic heterocycles. The lowest BCUT2D eigenvalue weighted by molar-refractivity contribution is 0.0260. The summed E-state index contributed by atoms with van der Waals surface area (Å²) >= 11 is 0. The van der Waals surface area contributed by atoms with E-state index in [4.69, 9.17) is 9.47 Å². The molecule has 2 heterocycles. The van der Waals surface area contributed by atoms with E-state index >= 15 is 0 Å². The number of nitriles is 1. The molecule has 1 aromatic carbocycles. The molecule has 6 nitrogen and oxygen atoms in total. The minimum absolute atomic E-state index is 0.0324. The van der Waals surface area contributed by atoms with Gasteiger partial charge in [-0.15, -0.1) is 0 Å². The average molecular weight is 405 g/mol. The van der Waals surface area contributed by atoms with Gasteiger partial charge in [-0.2, -0.15) is 5.26 Å². The number of piperidine rings is 1. The molecule has 2 atom stereocenters. The molecule has 2 fully saturated rings. The van der Waals surface area contributed by atoms with Crippen molar-refractivity contribution in [3.8, 4) is 17.7 Å². The molecule has 6 heteroatoms. The Morgan fingerprint density at radius 1 is 1.30 bits per heavy atom. The van der Waals surface area contributed by atoms with Crippen LogP contribution >= 0.6 is 0 Å². The van der Waals surface area contributed by atoms with E-state index in [1.165, 1.54) is 0 Å². The van der Waals surface area contributed by atoms with Crippen molar-refractivity contribution in [2.45, 2.75) is 57.1 Å². The predicted octanol–water partition coefficient (Wildman–Crippen LogP) is 3.92. The first-order chi connectivity index (χ1) is 14.5. The lowest BCUT2D eigenvalue weighted by atomic mass is 9.82. The number of pyridine rings is 1. The molecule has 4 rings (SSSR count). The van der Waals surface area contributed by atoms with E-state index in [9.17, 15) is 10.1 Å². The number of Topliss-reactive ketones (excluding diaryl/α,β-unsaturated/α-hetero) is 1. The van der Waals surface area contributed by atoms with E-state index in [1.807, 2.05) is 18.2 Å². The molecule has 0 unspecified atom stereocenters. The number of hydrogen-bond acceptors (Lipinski definition) is 6. The fourth-order valence-electron chi connectivity index (χ4n) is 4.08. The van der Waals surface area contributed by atoms with Crippen molar-refractivity contribution in [2.75, 3.05) is 13.7 Å². The van der Waals surface area contributed by atoms with Crippen molar-refractivity contribution in [1.29, 1.82) is 5.26 Å². The van der Waals surface area contributed by atoms with Gasteiger partial charge in [0.25, 0.3) is 0 Å². The molecule has 2 aliphatic rings. The van der Waals surface area contributed by atoms with Crippen LogP contribution in [0, 0.1) is 18.3 Å². The minimum atomic E-state index is -1.06. The van der Waals surface area contributed by atoms with Crippen molar-refractivity contribution in [2.24, 2.45) is 0 Å². The fourth-order valence-corrected chi connectivity index (χ4v) is 4.08. The first-order valence-corrected chi connectivity index (χ1v) is 10.5. The van der Waals surface area contributed by atoms with Crippen LogP contribution in [0.25, 0.3) is 0 Å². The van der Waals surface area contributed by atoms with Crippen LogP contribution < -0.4 is 14.8 Å². The summed E-state index contributed by atoms with van der Waals surface area (Å²) in [5, 5.41) is 12.8. The standard InChI is InChI=1S/C24H27N3O3/c1-15-8-10-24(14-27-15,30-23-16(2)18(13-25)9-11-26-23)22(28)20-7-6-19(29-3)12-21(20)17-4-5-17/h6-7,9,11-12,15,17,27H,4-5,8,10,14H2,1-3H3/t15-,24-/m1/s1. The molecule has 30 heavy (non-hydrogen) atoms. The Bertz CT molecular complexity index is 999. The highest BCUT2D eigenvalue weighted by atomic mass is 16.5. The summed E-state index contributed by atoms with van der Waals surface area (Å²) in [4.78, 5) is 18.3. The van der Waals surface area contributed by atoms with Gasteiger partial charge < -0.3 is 14.8 Å². The van der Waals surface area contributed by atoms with Crippen molar-refractivity contribution in [1.82, 2.24) is 10.3 Å². The Labute approximate surface area is 177 Å². The quantitative estimate of drug-likeness (QED) is 0.734. The van der Waals surface area contributed by atoms with Crippen molar-refractivity contribution in [3.63, 3.8) is 0 Å². The summed E-state index contributed by atoms with van der Waals surface area (Å²) in [7, 11) is 1.64. The van der Waals surface area contributed by atoms with Crippen LogP contribution in [0.4, 0.5) is 0 Å². The molecule has 1 aliphatic carbocycles. The van der Waals surface area contributed by atoms with Crippen LogP contribution in [0.5, 0.6) is 11.6 Å². The second-order valence-electron chi connectivity index (χ2n) is 8.37. The van der Waals surface area contributed by atoms with Gasteiger partial charge in [0.15, 0.2) is 5.60 Å². The Morgan fingerprint density at radius 3 is 2.73 bits per heavy atom. The number of ether oxygens (including phenoxy) is 2. The lowest BCUT2D eigenvalue weighted by Gasteiger charge is -2.39. The largest absolute Gasteiger partial charge is 0.497 e. The van der Waals surface area contributed by atoms with Crippen LogP contribution in [0.2, 0.25) is 0 Å². The van der Waals surface area contributed by atoms with Gasteiger partial charge in [0.2, 0.25) is 11.7 Å². The number of nitrogens with one attached hydrogen (secondary N) is 1. The normalized spacial score (nSPS) is 23.5. The molecule has 1 aliphatic heterocycles. The fraction of sp³-hybridized carbons (Fsp3) is 0.458. The zero-order valence-electron chi connectivity index (χ0n) is 17.7. The Hall–Kier alpha value is -2.91. The molecule has 1 saturated carbocycles. The van der Waals surface area contributed by atoms with Crippen LogP contribution in [0.1, 0.15) is 65.6 Å². The van der Waals surface area contributed by atoms with Gasteiger partial charge in [-0.1, -0.05) is 0 Å². The minimum Gasteiger partial charge on any atom is -0.497 e. The highest BCUT2D eigenvalue weighted by Crippen LogP contribution is 2.44. The maximum atomic E-state index is 14.0. The third-order valence-corrected chi connectivity index (χ3v) is 6.22. The zero-order chi connectivity index (χ0) is 21.3. The molecule has 1 N–H and O–H groups in total. The third kappa shape index (κ3) is 3.78. The molecule has 0 amide bonds. The van der Waals surface area contributed by atoms with Crippen LogP contribution in [0.15, 0.2) is 30.5 Å². The Morgan fingerprint density at radius 2 is 2.10 bits per heavy atom. The van der Waals surface area contributed by atoms with Gasteiger partial charge in [0, 0.05) is 29.9 Å². The highest BCUT2D eigenvalue weighted by Gasteiger charge is 2.46. The number of carbonyl (C=O) groups is 1. The summed E-state index contributed by atoms with van der Waals surface area (Å²) in [6.45, 7) is 4.32. The molecule has 156 valence electrons. The Balaban J connectivity index is 1.75. The first kappa shape index (κ1) is 20.4. The number of hydrogen-bond donors (Lipinski definition) is 1.